The average molecular weight is 451 g/mol. The van der Waals surface area contributed by atoms with Crippen LogP contribution in [0.2, 0.25) is 5.02 Å². The van der Waals surface area contributed by atoms with Gasteiger partial charge in [0.2, 0.25) is 11.8 Å². The van der Waals surface area contributed by atoms with Crippen LogP contribution in [0.1, 0.15) is 18.1 Å². The monoisotopic (exact) mass is 450 g/mol. The standard InChI is InChI=1S/C25H23ClN2O2S/c1-17-8-10-21(16-23(17)26)28-25(30)18(2)31-22-13-11-20(12-14-22)27-24(29)15-9-19-6-4-3-5-7-19/h3-16,18H,1-2H3,(H,27,29)(H,28,30)/b15-9+. The minimum absolute atomic E-state index is 0.103. The number of rotatable bonds is 7. The van der Waals surface area contributed by atoms with E-state index in [2.05, 4.69) is 10.6 Å². The van der Waals surface area contributed by atoms with E-state index in [1.165, 1.54) is 17.8 Å². The van der Waals surface area contributed by atoms with Gasteiger partial charge in [-0.15, -0.1) is 11.8 Å². The lowest BCUT2D eigenvalue weighted by Gasteiger charge is -2.13. The van der Waals surface area contributed by atoms with Gasteiger partial charge in [-0.05, 0) is 67.4 Å². The van der Waals surface area contributed by atoms with Crippen molar-refractivity contribution in [3.05, 3.63) is 95.0 Å². The fourth-order valence-corrected chi connectivity index (χ4v) is 3.76. The highest BCUT2D eigenvalue weighted by Crippen LogP contribution is 2.26. The first kappa shape index (κ1) is 22.7. The number of thioether (sulfide) groups is 1. The van der Waals surface area contributed by atoms with E-state index in [0.29, 0.717) is 16.4 Å². The summed E-state index contributed by atoms with van der Waals surface area (Å²) >= 11 is 7.56. The first-order chi connectivity index (χ1) is 14.9. The minimum Gasteiger partial charge on any atom is -0.325 e. The highest BCUT2D eigenvalue weighted by molar-refractivity contribution is 8.00. The lowest BCUT2D eigenvalue weighted by atomic mass is 10.2. The molecule has 3 aromatic rings. The Bertz CT molecular complexity index is 1080. The van der Waals surface area contributed by atoms with Crippen LogP contribution in [0.3, 0.4) is 0 Å². The molecular weight excluding hydrogens is 428 g/mol. The van der Waals surface area contributed by atoms with Crippen molar-refractivity contribution < 1.29 is 9.59 Å². The molecule has 31 heavy (non-hydrogen) atoms. The molecule has 6 heteroatoms. The number of anilines is 2. The first-order valence-electron chi connectivity index (χ1n) is 9.78. The Kier molecular flexibility index (Phi) is 7.93. The van der Waals surface area contributed by atoms with Crippen LogP contribution in [0.4, 0.5) is 11.4 Å². The van der Waals surface area contributed by atoms with Gasteiger partial charge in [-0.2, -0.15) is 0 Å². The molecule has 0 heterocycles. The van der Waals surface area contributed by atoms with Gasteiger partial charge < -0.3 is 10.6 Å². The van der Waals surface area contributed by atoms with E-state index >= 15 is 0 Å². The molecule has 0 spiro atoms. The summed E-state index contributed by atoms with van der Waals surface area (Å²) in [6, 6.07) is 22.5. The molecule has 3 rings (SSSR count). The average Bonchev–Trinajstić information content (AvgIpc) is 2.77. The Hall–Kier alpha value is -3.02. The maximum atomic E-state index is 12.5. The Labute approximate surface area is 191 Å². The molecule has 0 bridgehead atoms. The van der Waals surface area contributed by atoms with Crippen LogP contribution < -0.4 is 10.6 Å². The SMILES string of the molecule is Cc1ccc(NC(=O)C(C)Sc2ccc(NC(=O)/C=C/c3ccccc3)cc2)cc1Cl. The highest BCUT2D eigenvalue weighted by atomic mass is 35.5. The third-order valence-electron chi connectivity index (χ3n) is 4.47. The number of amides is 2. The van der Waals surface area contributed by atoms with E-state index in [-0.39, 0.29) is 17.1 Å². The summed E-state index contributed by atoms with van der Waals surface area (Å²) in [5, 5.41) is 6.04. The summed E-state index contributed by atoms with van der Waals surface area (Å²) in [7, 11) is 0. The zero-order chi connectivity index (χ0) is 22.2. The summed E-state index contributed by atoms with van der Waals surface area (Å²) in [6.07, 6.45) is 3.27. The minimum atomic E-state index is -0.297. The maximum absolute atomic E-state index is 12.5. The van der Waals surface area contributed by atoms with Gasteiger partial charge in [0.15, 0.2) is 0 Å². The van der Waals surface area contributed by atoms with Crippen molar-refractivity contribution in [2.24, 2.45) is 0 Å². The molecular formula is C25H23ClN2O2S. The van der Waals surface area contributed by atoms with Gasteiger partial charge in [-0.1, -0.05) is 48.0 Å². The lowest BCUT2D eigenvalue weighted by Crippen LogP contribution is -2.22. The molecule has 2 amide bonds. The topological polar surface area (TPSA) is 58.2 Å². The van der Waals surface area contributed by atoms with E-state index in [0.717, 1.165) is 16.0 Å². The third kappa shape index (κ3) is 7.02. The number of hydrogen-bond donors (Lipinski definition) is 2. The van der Waals surface area contributed by atoms with Crippen LogP contribution >= 0.6 is 23.4 Å². The number of carbonyl (C=O) groups excluding carboxylic acids is 2. The van der Waals surface area contributed by atoms with Crippen molar-refractivity contribution in [1.29, 1.82) is 0 Å². The van der Waals surface area contributed by atoms with E-state index in [1.54, 1.807) is 12.1 Å². The second-order valence-electron chi connectivity index (χ2n) is 6.97. The van der Waals surface area contributed by atoms with E-state index in [9.17, 15) is 9.59 Å². The number of carbonyl (C=O) groups is 2. The zero-order valence-corrected chi connectivity index (χ0v) is 18.8. The van der Waals surface area contributed by atoms with Gasteiger partial charge in [-0.3, -0.25) is 9.59 Å². The van der Waals surface area contributed by atoms with E-state index in [4.69, 9.17) is 11.6 Å². The second-order valence-corrected chi connectivity index (χ2v) is 8.79. The Balaban J connectivity index is 1.52. The van der Waals surface area contributed by atoms with Crippen LogP contribution in [-0.4, -0.2) is 17.1 Å². The third-order valence-corrected chi connectivity index (χ3v) is 5.99. The Morgan fingerprint density at radius 2 is 1.61 bits per heavy atom. The van der Waals surface area contributed by atoms with Gasteiger partial charge in [0.1, 0.15) is 0 Å². The van der Waals surface area contributed by atoms with Crippen LogP contribution in [0.5, 0.6) is 0 Å². The predicted molar refractivity (Wildman–Crippen MR) is 131 cm³/mol. The molecule has 0 fully saturated rings. The summed E-state index contributed by atoms with van der Waals surface area (Å²) in [5.41, 5.74) is 3.29. The smallest absolute Gasteiger partial charge is 0.248 e. The molecule has 0 aliphatic rings. The van der Waals surface area contributed by atoms with Crippen LogP contribution in [0.15, 0.2) is 83.8 Å². The number of halogens is 1. The van der Waals surface area contributed by atoms with Crippen molar-refractivity contribution >= 4 is 52.6 Å². The van der Waals surface area contributed by atoms with E-state index in [1.807, 2.05) is 80.6 Å². The molecule has 0 saturated heterocycles. The summed E-state index contributed by atoms with van der Waals surface area (Å²) in [4.78, 5) is 25.5. The van der Waals surface area contributed by atoms with Crippen molar-refractivity contribution in [1.82, 2.24) is 0 Å². The molecule has 158 valence electrons. The molecule has 1 unspecified atom stereocenters. The van der Waals surface area contributed by atoms with E-state index < -0.39 is 0 Å². The Morgan fingerprint density at radius 1 is 0.935 bits per heavy atom. The van der Waals surface area contributed by atoms with Gasteiger partial charge >= 0.3 is 0 Å². The Morgan fingerprint density at radius 3 is 2.29 bits per heavy atom. The van der Waals surface area contributed by atoms with Crippen molar-refractivity contribution in [3.8, 4) is 0 Å². The normalized spacial score (nSPS) is 11.8. The largest absolute Gasteiger partial charge is 0.325 e. The summed E-state index contributed by atoms with van der Waals surface area (Å²) in [5.74, 6) is -0.304. The lowest BCUT2D eigenvalue weighted by molar-refractivity contribution is -0.115. The molecule has 0 radical (unpaired) electrons. The predicted octanol–water partition coefficient (Wildman–Crippen LogP) is 6.42. The number of aryl methyl sites for hydroxylation is 1. The van der Waals surface area contributed by atoms with Gasteiger partial charge in [-0.25, -0.2) is 0 Å². The fraction of sp³-hybridized carbons (Fsp3) is 0.120. The van der Waals surface area contributed by atoms with Crippen LogP contribution in [0, 0.1) is 6.92 Å². The molecule has 1 atom stereocenters. The summed E-state index contributed by atoms with van der Waals surface area (Å²) in [6.45, 7) is 3.76. The van der Waals surface area contributed by atoms with Crippen molar-refractivity contribution in [2.75, 3.05) is 10.6 Å². The van der Waals surface area contributed by atoms with Gasteiger partial charge in [0, 0.05) is 27.4 Å². The van der Waals surface area contributed by atoms with Crippen molar-refractivity contribution in [3.63, 3.8) is 0 Å². The molecule has 0 aliphatic carbocycles. The van der Waals surface area contributed by atoms with Crippen LogP contribution in [-0.2, 0) is 9.59 Å². The van der Waals surface area contributed by atoms with Crippen LogP contribution in [0.25, 0.3) is 6.08 Å². The van der Waals surface area contributed by atoms with Gasteiger partial charge in [0.05, 0.1) is 5.25 Å². The van der Waals surface area contributed by atoms with Crippen molar-refractivity contribution in [2.45, 2.75) is 24.0 Å². The van der Waals surface area contributed by atoms with Gasteiger partial charge in [0.25, 0.3) is 0 Å². The summed E-state index contributed by atoms with van der Waals surface area (Å²) < 4.78 is 0. The first-order valence-corrected chi connectivity index (χ1v) is 11.0. The fourth-order valence-electron chi connectivity index (χ4n) is 2.71. The molecule has 3 aromatic carbocycles. The molecule has 0 aromatic heterocycles. The maximum Gasteiger partial charge on any atom is 0.248 e. The molecule has 4 nitrogen and oxygen atoms in total. The quantitative estimate of drug-likeness (QED) is 0.322. The second kappa shape index (κ2) is 10.8. The number of hydrogen-bond acceptors (Lipinski definition) is 3. The number of nitrogens with one attached hydrogen (secondary N) is 2. The highest BCUT2D eigenvalue weighted by Gasteiger charge is 2.15. The molecule has 2 N–H and O–H groups in total. The zero-order valence-electron chi connectivity index (χ0n) is 17.3. The number of benzene rings is 3. The molecule has 0 saturated carbocycles. The molecule has 0 aliphatic heterocycles.